The molecule has 2 saturated heterocycles. The number of phenolic OH excluding ortho intramolecular Hbond substituents is 2. The molecule has 3 heterocycles. The van der Waals surface area contributed by atoms with Crippen LogP contribution in [-0.2, 0) is 26.3 Å². The van der Waals surface area contributed by atoms with Crippen LogP contribution >= 0.6 is 0 Å². The summed E-state index contributed by atoms with van der Waals surface area (Å²) in [6.07, 6.45) is 5.00. The van der Waals surface area contributed by atoms with E-state index in [1.807, 2.05) is 24.3 Å². The molecule has 3 aliphatic heterocycles. The number of rotatable bonds is 3. The molecule has 8 nitrogen and oxygen atoms in total. The van der Waals surface area contributed by atoms with Crippen molar-refractivity contribution >= 4 is 23.4 Å². The second-order valence-corrected chi connectivity index (χ2v) is 9.93. The van der Waals surface area contributed by atoms with E-state index in [0.29, 0.717) is 23.2 Å². The van der Waals surface area contributed by atoms with E-state index in [-0.39, 0.29) is 35.3 Å². The van der Waals surface area contributed by atoms with E-state index < -0.39 is 23.4 Å². The van der Waals surface area contributed by atoms with Crippen LogP contribution in [0.4, 0.5) is 5.69 Å². The summed E-state index contributed by atoms with van der Waals surface area (Å²) in [6, 6.07) is 11.3. The Labute approximate surface area is 197 Å². The van der Waals surface area contributed by atoms with Gasteiger partial charge in [0.25, 0.3) is 0 Å². The number of likely N-dealkylation sites (tertiary alicyclic amines) is 1. The van der Waals surface area contributed by atoms with Gasteiger partial charge >= 0.3 is 0 Å². The highest BCUT2D eigenvalue weighted by Gasteiger charge is 2.70. The monoisotopic (exact) mass is 461 g/mol. The summed E-state index contributed by atoms with van der Waals surface area (Å²) in [4.78, 5) is 42.7. The number of carbonyl (C=O) groups is 3. The maximum absolute atomic E-state index is 13.9. The second-order valence-electron chi connectivity index (χ2n) is 9.93. The molecular weight excluding hydrogens is 434 g/mol. The minimum atomic E-state index is -1.32. The van der Waals surface area contributed by atoms with Crippen molar-refractivity contribution < 1.29 is 24.6 Å². The maximum atomic E-state index is 13.9. The lowest BCUT2D eigenvalue weighted by molar-refractivity contribution is -0.146. The lowest BCUT2D eigenvalue weighted by atomic mass is 9.76. The summed E-state index contributed by atoms with van der Waals surface area (Å²) < 4.78 is 0. The van der Waals surface area contributed by atoms with Crippen molar-refractivity contribution in [3.8, 4) is 11.5 Å². The van der Waals surface area contributed by atoms with Crippen LogP contribution in [0.1, 0.15) is 43.2 Å². The summed E-state index contributed by atoms with van der Waals surface area (Å²) in [7, 11) is 0. The molecule has 0 radical (unpaired) electrons. The van der Waals surface area contributed by atoms with Crippen molar-refractivity contribution in [3.63, 3.8) is 0 Å². The van der Waals surface area contributed by atoms with Gasteiger partial charge in [-0.05, 0) is 43.0 Å². The van der Waals surface area contributed by atoms with Gasteiger partial charge in [0.05, 0.1) is 11.8 Å². The zero-order valence-corrected chi connectivity index (χ0v) is 18.7. The van der Waals surface area contributed by atoms with Gasteiger partial charge < -0.3 is 15.5 Å². The van der Waals surface area contributed by atoms with Crippen molar-refractivity contribution in [1.82, 2.24) is 10.2 Å². The molecule has 2 aromatic carbocycles. The lowest BCUT2D eigenvalue weighted by Crippen LogP contribution is -2.54. The number of aromatic hydroxyl groups is 2. The first-order valence-electron chi connectivity index (χ1n) is 12.0. The van der Waals surface area contributed by atoms with Gasteiger partial charge in [-0.1, -0.05) is 43.5 Å². The molecule has 1 saturated carbocycles. The number of fused-ring (bicyclic) bond motifs is 4. The molecule has 1 aliphatic carbocycles. The molecule has 3 amide bonds. The number of benzene rings is 2. The van der Waals surface area contributed by atoms with E-state index >= 15 is 0 Å². The van der Waals surface area contributed by atoms with Gasteiger partial charge in [-0.2, -0.15) is 0 Å². The van der Waals surface area contributed by atoms with E-state index in [4.69, 9.17) is 0 Å². The topological polar surface area (TPSA) is 119 Å². The molecule has 3 fully saturated rings. The van der Waals surface area contributed by atoms with Crippen molar-refractivity contribution in [2.24, 2.45) is 11.8 Å². The first kappa shape index (κ1) is 21.2. The van der Waals surface area contributed by atoms with Crippen LogP contribution in [-0.4, -0.2) is 44.9 Å². The Balaban J connectivity index is 1.45. The van der Waals surface area contributed by atoms with Crippen LogP contribution in [0.15, 0.2) is 42.5 Å². The predicted octanol–water partition coefficient (Wildman–Crippen LogP) is 2.39. The van der Waals surface area contributed by atoms with Crippen LogP contribution in [0.3, 0.4) is 0 Å². The zero-order valence-electron chi connectivity index (χ0n) is 18.7. The number of phenols is 2. The van der Waals surface area contributed by atoms with Gasteiger partial charge in [0, 0.05) is 23.3 Å². The fraction of sp³-hybridized carbons (Fsp3) is 0.423. The molecule has 8 heteroatoms. The lowest BCUT2D eigenvalue weighted by Gasteiger charge is -2.34. The fourth-order valence-electron chi connectivity index (χ4n) is 6.60. The average Bonchev–Trinajstić information content (AvgIpc) is 3.41. The summed E-state index contributed by atoms with van der Waals surface area (Å²) in [5, 5.41) is 26.0. The molecule has 0 bridgehead atoms. The zero-order chi connectivity index (χ0) is 23.6. The Kier molecular flexibility index (Phi) is 4.71. The summed E-state index contributed by atoms with van der Waals surface area (Å²) in [6.45, 7) is 0. The molecule has 4 aliphatic rings. The first-order chi connectivity index (χ1) is 16.4. The average molecular weight is 462 g/mol. The van der Waals surface area contributed by atoms with Crippen LogP contribution < -0.4 is 10.6 Å². The van der Waals surface area contributed by atoms with E-state index in [1.165, 1.54) is 17.0 Å². The van der Waals surface area contributed by atoms with Crippen molar-refractivity contribution in [2.75, 3.05) is 5.32 Å². The molecule has 34 heavy (non-hydrogen) atoms. The molecule has 4 N–H and O–H groups in total. The van der Waals surface area contributed by atoms with Crippen LogP contribution in [0.2, 0.25) is 0 Å². The van der Waals surface area contributed by atoms with Crippen LogP contribution in [0.25, 0.3) is 0 Å². The summed E-state index contributed by atoms with van der Waals surface area (Å²) >= 11 is 0. The maximum Gasteiger partial charge on any atom is 0.250 e. The smallest absolute Gasteiger partial charge is 0.250 e. The van der Waals surface area contributed by atoms with Crippen LogP contribution in [0.5, 0.6) is 11.5 Å². The predicted molar refractivity (Wildman–Crippen MR) is 123 cm³/mol. The highest BCUT2D eigenvalue weighted by Crippen LogP contribution is 2.54. The third kappa shape index (κ3) is 2.84. The molecule has 2 aromatic rings. The Morgan fingerprint density at radius 2 is 1.71 bits per heavy atom. The van der Waals surface area contributed by atoms with Crippen LogP contribution in [0, 0.1) is 11.8 Å². The van der Waals surface area contributed by atoms with E-state index in [0.717, 1.165) is 32.1 Å². The molecule has 4 atom stereocenters. The molecule has 6 rings (SSSR count). The Morgan fingerprint density at radius 3 is 2.47 bits per heavy atom. The number of imide groups is 1. The van der Waals surface area contributed by atoms with Gasteiger partial charge in [0.1, 0.15) is 5.54 Å². The minimum Gasteiger partial charge on any atom is -0.504 e. The quantitative estimate of drug-likeness (QED) is 0.412. The Bertz CT molecular complexity index is 1210. The van der Waals surface area contributed by atoms with Crippen molar-refractivity contribution in [2.45, 2.75) is 56.1 Å². The number of hydrogen-bond donors (Lipinski definition) is 4. The van der Waals surface area contributed by atoms with E-state index in [9.17, 15) is 24.6 Å². The number of para-hydroxylation sites is 1. The second kappa shape index (κ2) is 7.56. The number of nitrogens with zero attached hydrogens (tertiary/aromatic N) is 1. The molecule has 4 unspecified atom stereocenters. The van der Waals surface area contributed by atoms with Gasteiger partial charge in [-0.25, -0.2) is 0 Å². The third-order valence-electron chi connectivity index (χ3n) is 8.09. The SMILES string of the molecule is O=C1C2C(Cc3ccc(O)c(O)c3)NC3(C(=O)Nc4ccccc43)C2C(=O)N1C1CCCCC1. The highest BCUT2D eigenvalue weighted by molar-refractivity contribution is 6.15. The highest BCUT2D eigenvalue weighted by atomic mass is 16.3. The first-order valence-corrected chi connectivity index (χ1v) is 12.0. The number of carbonyl (C=O) groups excluding carboxylic acids is 3. The third-order valence-corrected chi connectivity index (χ3v) is 8.09. The van der Waals surface area contributed by atoms with Crippen molar-refractivity contribution in [3.05, 3.63) is 53.6 Å². The fourth-order valence-corrected chi connectivity index (χ4v) is 6.60. The van der Waals surface area contributed by atoms with Gasteiger partial charge in [-0.15, -0.1) is 0 Å². The molecule has 1 spiro atoms. The number of anilines is 1. The summed E-state index contributed by atoms with van der Waals surface area (Å²) in [5.74, 6) is -2.79. The summed E-state index contributed by atoms with van der Waals surface area (Å²) in [5.41, 5.74) is 0.725. The largest absolute Gasteiger partial charge is 0.504 e. The number of hydrogen-bond acceptors (Lipinski definition) is 6. The van der Waals surface area contributed by atoms with E-state index in [1.54, 1.807) is 6.07 Å². The normalized spacial score (nSPS) is 30.6. The number of amides is 3. The van der Waals surface area contributed by atoms with Crippen molar-refractivity contribution in [1.29, 1.82) is 0 Å². The molecular formula is C26H27N3O5. The van der Waals surface area contributed by atoms with E-state index in [2.05, 4.69) is 10.6 Å². The minimum absolute atomic E-state index is 0.116. The van der Waals surface area contributed by atoms with Gasteiger partial charge in [0.2, 0.25) is 17.7 Å². The van der Waals surface area contributed by atoms with Gasteiger partial charge in [0.15, 0.2) is 11.5 Å². The standard InChI is InChI=1S/C26H27N3O5/c30-19-11-10-14(13-20(19)31)12-18-21-22(24(33)29(23(21)32)15-6-2-1-3-7-15)26(28-18)16-8-4-5-9-17(16)27-25(26)34/h4-5,8-11,13,15,18,21-22,28,30-31H,1-3,6-7,12H2,(H,27,34). The molecule has 0 aromatic heterocycles. The Morgan fingerprint density at radius 1 is 0.941 bits per heavy atom. The Hall–Kier alpha value is -3.39. The molecule has 176 valence electrons. The number of nitrogens with one attached hydrogen (secondary N) is 2. The van der Waals surface area contributed by atoms with Gasteiger partial charge in [-0.3, -0.25) is 24.6 Å².